The van der Waals surface area contributed by atoms with Crippen LogP contribution < -0.4 is 4.90 Å². The van der Waals surface area contributed by atoms with Crippen LogP contribution in [0, 0.1) is 11.3 Å². The molecule has 0 aliphatic carbocycles. The molecular weight excluding hydrogens is 250 g/mol. The molecule has 108 valence electrons. The van der Waals surface area contributed by atoms with Gasteiger partial charge >= 0.3 is 0 Å². The number of carbonyl (C=O) groups excluding carboxylic acids is 2. The molecule has 0 saturated carbocycles. The maximum absolute atomic E-state index is 12.6. The first-order valence-corrected chi connectivity index (χ1v) is 7.19. The number of para-hydroxylation sites is 1. The molecule has 1 aromatic carbocycles. The van der Waals surface area contributed by atoms with E-state index >= 15 is 0 Å². The number of rotatable bonds is 2. The largest absolute Gasteiger partial charge is 0.274 e. The molecule has 1 heterocycles. The van der Waals surface area contributed by atoms with E-state index in [0.717, 1.165) is 11.3 Å². The van der Waals surface area contributed by atoms with Crippen molar-refractivity contribution in [2.75, 3.05) is 4.90 Å². The molecule has 0 radical (unpaired) electrons. The summed E-state index contributed by atoms with van der Waals surface area (Å²) in [6, 6.07) is 7.69. The first kappa shape index (κ1) is 14.8. The van der Waals surface area contributed by atoms with Crippen LogP contribution >= 0.6 is 0 Å². The summed E-state index contributed by atoms with van der Waals surface area (Å²) >= 11 is 0. The van der Waals surface area contributed by atoms with E-state index in [1.807, 2.05) is 45.0 Å². The Morgan fingerprint density at radius 1 is 1.15 bits per heavy atom. The van der Waals surface area contributed by atoms with Gasteiger partial charge in [-0.25, -0.2) is 4.90 Å². The van der Waals surface area contributed by atoms with E-state index in [2.05, 4.69) is 13.8 Å². The zero-order valence-corrected chi connectivity index (χ0v) is 12.9. The Morgan fingerprint density at radius 2 is 1.75 bits per heavy atom. The van der Waals surface area contributed by atoms with Gasteiger partial charge in [0.2, 0.25) is 11.8 Å². The Labute approximate surface area is 121 Å². The highest BCUT2D eigenvalue weighted by Crippen LogP contribution is 2.39. The monoisotopic (exact) mass is 273 g/mol. The second kappa shape index (κ2) is 5.04. The number of amides is 2. The molecule has 1 fully saturated rings. The summed E-state index contributed by atoms with van der Waals surface area (Å²) in [6.07, 6.45) is 0.314. The molecule has 3 nitrogen and oxygen atoms in total. The molecule has 0 aromatic heterocycles. The van der Waals surface area contributed by atoms with Crippen molar-refractivity contribution >= 4 is 17.5 Å². The summed E-state index contributed by atoms with van der Waals surface area (Å²) in [5.74, 6) is -0.0886. The Morgan fingerprint density at radius 3 is 2.25 bits per heavy atom. The van der Waals surface area contributed by atoms with E-state index in [-0.39, 0.29) is 29.1 Å². The van der Waals surface area contributed by atoms with E-state index in [4.69, 9.17) is 0 Å². The van der Waals surface area contributed by atoms with Crippen molar-refractivity contribution in [1.82, 2.24) is 0 Å². The van der Waals surface area contributed by atoms with Crippen LogP contribution in [-0.2, 0) is 9.59 Å². The van der Waals surface area contributed by atoms with Crippen molar-refractivity contribution in [2.45, 2.75) is 47.0 Å². The maximum Gasteiger partial charge on any atom is 0.237 e. The minimum absolute atomic E-state index is 0.0596. The molecular formula is C17H23NO2. The van der Waals surface area contributed by atoms with Gasteiger partial charge in [0.15, 0.2) is 0 Å². The fourth-order valence-corrected chi connectivity index (χ4v) is 2.74. The minimum atomic E-state index is -0.227. The van der Waals surface area contributed by atoms with Crippen LogP contribution in [0.15, 0.2) is 24.3 Å². The van der Waals surface area contributed by atoms with Gasteiger partial charge in [0.05, 0.1) is 11.6 Å². The summed E-state index contributed by atoms with van der Waals surface area (Å²) in [7, 11) is 0. The molecule has 1 unspecified atom stereocenters. The van der Waals surface area contributed by atoms with Gasteiger partial charge in [-0.15, -0.1) is 0 Å². The second-order valence-corrected chi connectivity index (χ2v) is 6.90. The van der Waals surface area contributed by atoms with E-state index in [9.17, 15) is 9.59 Å². The third-order valence-corrected chi connectivity index (χ3v) is 3.99. The molecule has 1 saturated heterocycles. The van der Waals surface area contributed by atoms with Crippen molar-refractivity contribution in [3.63, 3.8) is 0 Å². The average molecular weight is 273 g/mol. The minimum Gasteiger partial charge on any atom is -0.274 e. The second-order valence-electron chi connectivity index (χ2n) is 6.90. The highest BCUT2D eigenvalue weighted by atomic mass is 16.2. The lowest BCUT2D eigenvalue weighted by Gasteiger charge is -2.26. The van der Waals surface area contributed by atoms with Gasteiger partial charge in [-0.3, -0.25) is 9.59 Å². The quantitative estimate of drug-likeness (QED) is 0.770. The molecule has 1 aromatic rings. The number of hydrogen-bond donors (Lipinski definition) is 0. The Bertz CT molecular complexity index is 540. The number of benzene rings is 1. The molecule has 0 N–H and O–H groups in total. The smallest absolute Gasteiger partial charge is 0.237 e. The summed E-state index contributed by atoms with van der Waals surface area (Å²) < 4.78 is 0. The molecule has 1 aliphatic heterocycles. The van der Waals surface area contributed by atoms with Gasteiger partial charge in [0.25, 0.3) is 0 Å². The van der Waals surface area contributed by atoms with Crippen LogP contribution in [0.25, 0.3) is 0 Å². The number of hydrogen-bond acceptors (Lipinski definition) is 2. The highest BCUT2D eigenvalue weighted by Gasteiger charge is 2.45. The van der Waals surface area contributed by atoms with E-state index in [1.165, 1.54) is 4.90 Å². The van der Waals surface area contributed by atoms with Gasteiger partial charge in [-0.1, -0.05) is 52.8 Å². The summed E-state index contributed by atoms with van der Waals surface area (Å²) in [5, 5.41) is 0. The van der Waals surface area contributed by atoms with Gasteiger partial charge in [-0.2, -0.15) is 0 Å². The molecule has 3 heteroatoms. The lowest BCUT2D eigenvalue weighted by molar-refractivity contribution is -0.123. The van der Waals surface area contributed by atoms with Crippen LogP contribution in [0.5, 0.6) is 0 Å². The van der Waals surface area contributed by atoms with Gasteiger partial charge < -0.3 is 0 Å². The van der Waals surface area contributed by atoms with E-state index < -0.39 is 0 Å². The zero-order chi connectivity index (χ0) is 15.1. The number of carbonyl (C=O) groups is 2. The third kappa shape index (κ3) is 2.49. The number of nitrogens with zero attached hydrogens (tertiary/aromatic N) is 1. The highest BCUT2D eigenvalue weighted by molar-refractivity contribution is 6.21. The molecule has 1 atom stereocenters. The Hall–Kier alpha value is -1.64. The molecule has 0 bridgehead atoms. The lowest BCUT2D eigenvalue weighted by Crippen LogP contribution is -2.34. The van der Waals surface area contributed by atoms with Gasteiger partial charge in [-0.05, 0) is 23.0 Å². The SMILES string of the molecule is CC(C)c1ccccc1N1C(=O)CC(C(C)(C)C)C1=O. The van der Waals surface area contributed by atoms with Crippen molar-refractivity contribution in [2.24, 2.45) is 11.3 Å². The van der Waals surface area contributed by atoms with Crippen LogP contribution in [-0.4, -0.2) is 11.8 Å². The molecule has 0 spiro atoms. The predicted octanol–water partition coefficient (Wildman–Crippen LogP) is 3.74. The molecule has 2 amide bonds. The van der Waals surface area contributed by atoms with Gasteiger partial charge in [0.1, 0.15) is 0 Å². The topological polar surface area (TPSA) is 37.4 Å². The Kier molecular flexibility index (Phi) is 3.72. The van der Waals surface area contributed by atoms with Crippen molar-refractivity contribution in [1.29, 1.82) is 0 Å². The standard InChI is InChI=1S/C17H23NO2/c1-11(2)12-8-6-7-9-14(12)18-15(19)10-13(16(18)20)17(3,4)5/h6-9,11,13H,10H2,1-5H3. The first-order valence-electron chi connectivity index (χ1n) is 7.19. The number of imide groups is 1. The fraction of sp³-hybridized carbons (Fsp3) is 0.529. The molecule has 2 rings (SSSR count). The van der Waals surface area contributed by atoms with E-state index in [0.29, 0.717) is 6.42 Å². The maximum atomic E-state index is 12.6. The van der Waals surface area contributed by atoms with Gasteiger partial charge in [0, 0.05) is 6.42 Å². The summed E-state index contributed by atoms with van der Waals surface area (Å²) in [6.45, 7) is 10.2. The Balaban J connectivity index is 2.44. The van der Waals surface area contributed by atoms with Crippen LogP contribution in [0.3, 0.4) is 0 Å². The molecule has 20 heavy (non-hydrogen) atoms. The zero-order valence-electron chi connectivity index (χ0n) is 12.9. The van der Waals surface area contributed by atoms with E-state index in [1.54, 1.807) is 0 Å². The van der Waals surface area contributed by atoms with Crippen molar-refractivity contribution in [3.8, 4) is 0 Å². The average Bonchev–Trinajstić information content (AvgIpc) is 2.64. The van der Waals surface area contributed by atoms with Crippen LogP contribution in [0.2, 0.25) is 0 Å². The van der Waals surface area contributed by atoms with Crippen molar-refractivity contribution < 1.29 is 9.59 Å². The fourth-order valence-electron chi connectivity index (χ4n) is 2.74. The summed E-state index contributed by atoms with van der Waals surface area (Å²) in [5.41, 5.74) is 1.61. The predicted molar refractivity (Wildman–Crippen MR) is 80.6 cm³/mol. The molecule has 1 aliphatic rings. The first-order chi connectivity index (χ1) is 9.23. The van der Waals surface area contributed by atoms with Crippen molar-refractivity contribution in [3.05, 3.63) is 29.8 Å². The third-order valence-electron chi connectivity index (χ3n) is 3.99. The summed E-state index contributed by atoms with van der Waals surface area (Å²) in [4.78, 5) is 26.4. The normalized spacial score (nSPS) is 20.1. The lowest BCUT2D eigenvalue weighted by atomic mass is 9.80. The van der Waals surface area contributed by atoms with Crippen LogP contribution in [0.4, 0.5) is 5.69 Å². The van der Waals surface area contributed by atoms with Crippen LogP contribution in [0.1, 0.15) is 52.5 Å². The number of anilines is 1.